The van der Waals surface area contributed by atoms with Crippen molar-refractivity contribution in [3.05, 3.63) is 33.8 Å². The average molecular weight is 238 g/mol. The van der Waals surface area contributed by atoms with Crippen LogP contribution in [-0.2, 0) is 6.54 Å². The zero-order valence-electron chi connectivity index (χ0n) is 7.39. The monoisotopic (exact) mass is 237 g/mol. The summed E-state index contributed by atoms with van der Waals surface area (Å²) >= 11 is 3.64. The molecule has 1 nitrogen and oxygen atoms in total. The second-order valence-corrected chi connectivity index (χ2v) is 4.86. The van der Waals surface area contributed by atoms with E-state index in [9.17, 15) is 0 Å². The Morgan fingerprint density at radius 3 is 2.92 bits per heavy atom. The van der Waals surface area contributed by atoms with Crippen LogP contribution in [0.3, 0.4) is 0 Å². The van der Waals surface area contributed by atoms with Crippen molar-refractivity contribution in [3.63, 3.8) is 0 Å². The smallest absolute Gasteiger partial charge is 0.0366 e. The van der Waals surface area contributed by atoms with Crippen LogP contribution in [-0.4, -0.2) is 0 Å². The van der Waals surface area contributed by atoms with Crippen molar-refractivity contribution in [1.29, 1.82) is 0 Å². The third-order valence-corrected chi connectivity index (χ3v) is 3.75. The molecule has 1 aliphatic carbocycles. The normalized spacial score (nSPS) is 26.1. The first-order valence-corrected chi connectivity index (χ1v) is 5.66. The Hall–Kier alpha value is -0.340. The predicted molar refractivity (Wildman–Crippen MR) is 56.4 cm³/mol. The molecule has 1 heterocycles. The fourth-order valence-corrected chi connectivity index (χ4v) is 2.89. The van der Waals surface area contributed by atoms with Gasteiger partial charge in [-0.25, -0.2) is 0 Å². The molecule has 2 aliphatic rings. The lowest BCUT2D eigenvalue weighted by Crippen LogP contribution is -2.13. The van der Waals surface area contributed by atoms with Crippen LogP contribution < -0.4 is 5.32 Å². The van der Waals surface area contributed by atoms with Crippen LogP contribution in [0, 0.1) is 5.92 Å². The quantitative estimate of drug-likeness (QED) is 0.793. The average Bonchev–Trinajstić information content (AvgIpc) is 2.87. The summed E-state index contributed by atoms with van der Waals surface area (Å²) in [5, 5.41) is 3.59. The van der Waals surface area contributed by atoms with E-state index in [-0.39, 0.29) is 0 Å². The minimum absolute atomic E-state index is 0.630. The van der Waals surface area contributed by atoms with Gasteiger partial charge in [0.05, 0.1) is 0 Å². The van der Waals surface area contributed by atoms with Gasteiger partial charge in [-0.05, 0) is 36.0 Å². The SMILES string of the molecule is Brc1cccc2c1C(C1CC1)NC2. The molecule has 0 saturated heterocycles. The van der Waals surface area contributed by atoms with Gasteiger partial charge in [-0.2, -0.15) is 0 Å². The highest BCUT2D eigenvalue weighted by Gasteiger charge is 2.36. The van der Waals surface area contributed by atoms with E-state index in [1.165, 1.54) is 28.4 Å². The third-order valence-electron chi connectivity index (χ3n) is 3.06. The highest BCUT2D eigenvalue weighted by atomic mass is 79.9. The van der Waals surface area contributed by atoms with Gasteiger partial charge in [-0.3, -0.25) is 0 Å². The fourth-order valence-electron chi connectivity index (χ4n) is 2.24. The van der Waals surface area contributed by atoms with Crippen molar-refractivity contribution in [3.8, 4) is 0 Å². The zero-order chi connectivity index (χ0) is 8.84. The lowest BCUT2D eigenvalue weighted by atomic mass is 10.0. The maximum absolute atomic E-state index is 3.64. The summed E-state index contributed by atoms with van der Waals surface area (Å²) in [5.74, 6) is 0.903. The Morgan fingerprint density at radius 1 is 1.31 bits per heavy atom. The molecule has 1 fully saturated rings. The Morgan fingerprint density at radius 2 is 2.15 bits per heavy atom. The van der Waals surface area contributed by atoms with Crippen LogP contribution in [0.2, 0.25) is 0 Å². The summed E-state index contributed by atoms with van der Waals surface area (Å²) in [6, 6.07) is 7.14. The summed E-state index contributed by atoms with van der Waals surface area (Å²) in [4.78, 5) is 0. The third kappa shape index (κ3) is 1.24. The van der Waals surface area contributed by atoms with E-state index in [4.69, 9.17) is 0 Å². The molecule has 1 aromatic carbocycles. The van der Waals surface area contributed by atoms with Crippen LogP contribution in [0.25, 0.3) is 0 Å². The molecule has 0 aromatic heterocycles. The van der Waals surface area contributed by atoms with E-state index in [1.54, 1.807) is 0 Å². The molecule has 1 atom stereocenters. The summed E-state index contributed by atoms with van der Waals surface area (Å²) < 4.78 is 1.28. The van der Waals surface area contributed by atoms with Gasteiger partial charge < -0.3 is 5.32 Å². The number of hydrogen-bond acceptors (Lipinski definition) is 1. The largest absolute Gasteiger partial charge is 0.306 e. The number of nitrogens with one attached hydrogen (secondary N) is 1. The van der Waals surface area contributed by atoms with Crippen molar-refractivity contribution in [2.24, 2.45) is 5.92 Å². The molecule has 3 rings (SSSR count). The van der Waals surface area contributed by atoms with E-state index in [0.717, 1.165) is 12.5 Å². The minimum Gasteiger partial charge on any atom is -0.306 e. The number of benzene rings is 1. The van der Waals surface area contributed by atoms with Gasteiger partial charge in [-0.1, -0.05) is 28.1 Å². The molecule has 1 N–H and O–H groups in total. The van der Waals surface area contributed by atoms with Crippen molar-refractivity contribution in [2.75, 3.05) is 0 Å². The number of fused-ring (bicyclic) bond motifs is 1. The molecule has 0 bridgehead atoms. The Kier molecular flexibility index (Phi) is 1.74. The van der Waals surface area contributed by atoms with E-state index >= 15 is 0 Å². The lowest BCUT2D eigenvalue weighted by Gasteiger charge is -2.11. The van der Waals surface area contributed by atoms with Gasteiger partial charge in [0.25, 0.3) is 0 Å². The lowest BCUT2D eigenvalue weighted by molar-refractivity contribution is 0.522. The predicted octanol–water partition coefficient (Wildman–Crippen LogP) is 3.00. The molecular weight excluding hydrogens is 226 g/mol. The molecule has 1 saturated carbocycles. The topological polar surface area (TPSA) is 12.0 Å². The van der Waals surface area contributed by atoms with E-state index in [1.807, 2.05) is 0 Å². The number of hydrogen-bond donors (Lipinski definition) is 1. The van der Waals surface area contributed by atoms with Crippen LogP contribution in [0.1, 0.15) is 30.0 Å². The molecule has 68 valence electrons. The highest BCUT2D eigenvalue weighted by molar-refractivity contribution is 9.10. The van der Waals surface area contributed by atoms with Gasteiger partial charge in [-0.15, -0.1) is 0 Å². The van der Waals surface area contributed by atoms with Crippen molar-refractivity contribution in [2.45, 2.75) is 25.4 Å². The van der Waals surface area contributed by atoms with E-state index < -0.39 is 0 Å². The van der Waals surface area contributed by atoms with Crippen LogP contribution in [0.5, 0.6) is 0 Å². The Bertz CT molecular complexity index is 344. The van der Waals surface area contributed by atoms with Crippen molar-refractivity contribution in [1.82, 2.24) is 5.32 Å². The van der Waals surface area contributed by atoms with Gasteiger partial charge >= 0.3 is 0 Å². The van der Waals surface area contributed by atoms with Crippen LogP contribution >= 0.6 is 15.9 Å². The first-order valence-electron chi connectivity index (χ1n) is 4.87. The van der Waals surface area contributed by atoms with Crippen molar-refractivity contribution >= 4 is 15.9 Å². The second kappa shape index (κ2) is 2.82. The number of halogens is 1. The maximum atomic E-state index is 3.64. The molecular formula is C11H12BrN. The zero-order valence-corrected chi connectivity index (χ0v) is 8.97. The first-order chi connectivity index (χ1) is 6.36. The molecule has 0 amide bonds. The van der Waals surface area contributed by atoms with Crippen molar-refractivity contribution < 1.29 is 0 Å². The Labute approximate surface area is 86.7 Å². The molecule has 1 aliphatic heterocycles. The molecule has 13 heavy (non-hydrogen) atoms. The summed E-state index contributed by atoms with van der Waals surface area (Å²) in [5.41, 5.74) is 3.00. The standard InChI is InChI=1S/C11H12BrN/c12-9-3-1-2-8-6-13-11(10(8)9)7-4-5-7/h1-3,7,11,13H,4-6H2. The highest BCUT2D eigenvalue weighted by Crippen LogP contribution is 2.46. The summed E-state index contributed by atoms with van der Waals surface area (Å²) in [7, 11) is 0. The van der Waals surface area contributed by atoms with Crippen LogP contribution in [0.4, 0.5) is 0 Å². The van der Waals surface area contributed by atoms with Crippen LogP contribution in [0.15, 0.2) is 22.7 Å². The van der Waals surface area contributed by atoms with E-state index in [0.29, 0.717) is 6.04 Å². The maximum Gasteiger partial charge on any atom is 0.0366 e. The second-order valence-electron chi connectivity index (χ2n) is 4.01. The van der Waals surface area contributed by atoms with Gasteiger partial charge in [0.15, 0.2) is 0 Å². The molecule has 1 unspecified atom stereocenters. The summed E-state index contributed by atoms with van der Waals surface area (Å²) in [6.45, 7) is 1.05. The first kappa shape index (κ1) is 8.01. The molecule has 0 radical (unpaired) electrons. The van der Waals surface area contributed by atoms with Gasteiger partial charge in [0, 0.05) is 17.1 Å². The molecule has 2 heteroatoms. The minimum atomic E-state index is 0.630. The fraction of sp³-hybridized carbons (Fsp3) is 0.455. The number of rotatable bonds is 1. The summed E-state index contributed by atoms with van der Waals surface area (Å²) in [6.07, 6.45) is 2.80. The molecule has 1 aromatic rings. The van der Waals surface area contributed by atoms with Gasteiger partial charge in [0.2, 0.25) is 0 Å². The molecule has 0 spiro atoms. The van der Waals surface area contributed by atoms with E-state index in [2.05, 4.69) is 39.4 Å². The van der Waals surface area contributed by atoms with Gasteiger partial charge in [0.1, 0.15) is 0 Å². The Balaban J connectivity index is 2.07.